The van der Waals surface area contributed by atoms with E-state index >= 15 is 0 Å². The number of aliphatic hydroxyl groups excluding tert-OH is 1. The van der Waals surface area contributed by atoms with E-state index in [1.54, 1.807) is 12.4 Å². The quantitative estimate of drug-likeness (QED) is 0.675. The van der Waals surface area contributed by atoms with E-state index in [1.807, 2.05) is 35.2 Å². The van der Waals surface area contributed by atoms with Crippen molar-refractivity contribution in [2.75, 3.05) is 19.9 Å². The summed E-state index contributed by atoms with van der Waals surface area (Å²) in [5.41, 5.74) is 2.17. The molecule has 1 saturated carbocycles. The molecule has 31 heavy (non-hydrogen) atoms. The molecule has 2 N–H and O–H groups in total. The summed E-state index contributed by atoms with van der Waals surface area (Å²) < 4.78 is 16.9. The van der Waals surface area contributed by atoms with E-state index in [4.69, 9.17) is 14.2 Å². The number of carbonyl (C=O) groups excluding carboxylic acids is 1. The van der Waals surface area contributed by atoms with E-state index in [-0.39, 0.29) is 24.7 Å². The Morgan fingerprint density at radius 2 is 1.97 bits per heavy atom. The standard InChI is InChI=1S/C23H23N3O5/c27-18-6-13-9-26(23(28)16-2-1-3-17-22(16)25-11-24-17)10-14(13)7-20(18)31-15-4-5-19-21(8-15)30-12-29-19/h1-5,8,11,13-14,18,20,27H,6-7,9-10,12H2,(H,24,25)/t13-,14+,18+,20+/m0/s1. The van der Waals surface area contributed by atoms with Gasteiger partial charge in [-0.1, -0.05) is 6.07 Å². The van der Waals surface area contributed by atoms with Gasteiger partial charge in [0.15, 0.2) is 11.5 Å². The van der Waals surface area contributed by atoms with Gasteiger partial charge in [-0.2, -0.15) is 0 Å². The van der Waals surface area contributed by atoms with Crippen LogP contribution in [0.15, 0.2) is 42.7 Å². The molecule has 2 aromatic carbocycles. The number of nitrogens with one attached hydrogen (secondary N) is 1. The summed E-state index contributed by atoms with van der Waals surface area (Å²) in [5, 5.41) is 10.7. The number of fused-ring (bicyclic) bond motifs is 3. The van der Waals surface area contributed by atoms with Crippen LogP contribution in [0.4, 0.5) is 0 Å². The molecule has 3 aromatic rings. The van der Waals surface area contributed by atoms with Crippen molar-refractivity contribution in [2.45, 2.75) is 25.0 Å². The minimum Gasteiger partial charge on any atom is -0.488 e. The Balaban J connectivity index is 1.16. The summed E-state index contributed by atoms with van der Waals surface area (Å²) in [4.78, 5) is 22.5. The number of aromatic amines is 1. The molecule has 6 rings (SSSR count). The largest absolute Gasteiger partial charge is 0.488 e. The van der Waals surface area contributed by atoms with Crippen LogP contribution in [-0.2, 0) is 0 Å². The highest BCUT2D eigenvalue weighted by atomic mass is 16.7. The Morgan fingerprint density at radius 1 is 1.13 bits per heavy atom. The smallest absolute Gasteiger partial charge is 0.256 e. The maximum atomic E-state index is 13.2. The van der Waals surface area contributed by atoms with Gasteiger partial charge < -0.3 is 29.2 Å². The number of hydrogen-bond donors (Lipinski definition) is 2. The fourth-order valence-electron chi connectivity index (χ4n) is 5.12. The molecule has 2 fully saturated rings. The molecule has 0 bridgehead atoms. The van der Waals surface area contributed by atoms with Gasteiger partial charge in [-0.15, -0.1) is 0 Å². The van der Waals surface area contributed by atoms with E-state index in [9.17, 15) is 9.90 Å². The number of imidazole rings is 1. The number of H-pyrrole nitrogens is 1. The number of aromatic nitrogens is 2. The fourth-order valence-corrected chi connectivity index (χ4v) is 5.12. The molecule has 8 nitrogen and oxygen atoms in total. The topological polar surface area (TPSA) is 96.9 Å². The van der Waals surface area contributed by atoms with Crippen LogP contribution in [-0.4, -0.2) is 58.0 Å². The molecule has 3 heterocycles. The first-order valence-corrected chi connectivity index (χ1v) is 10.6. The number of para-hydroxylation sites is 1. The summed E-state index contributed by atoms with van der Waals surface area (Å²) in [6, 6.07) is 11.1. The predicted molar refractivity (Wildman–Crippen MR) is 111 cm³/mol. The van der Waals surface area contributed by atoms with Crippen LogP contribution < -0.4 is 14.2 Å². The SMILES string of the molecule is O=C(c1cccc2[nH]cnc12)N1C[C@H]2C[C@@H](Oc3ccc4c(c3)OCO4)[C@H](O)C[C@H]2C1. The lowest BCUT2D eigenvalue weighted by atomic mass is 9.78. The van der Waals surface area contributed by atoms with Crippen LogP contribution in [0.3, 0.4) is 0 Å². The van der Waals surface area contributed by atoms with E-state index in [1.165, 1.54) is 0 Å². The van der Waals surface area contributed by atoms with Gasteiger partial charge in [0.05, 0.1) is 23.5 Å². The average molecular weight is 421 g/mol. The maximum absolute atomic E-state index is 13.2. The molecule has 0 unspecified atom stereocenters. The van der Waals surface area contributed by atoms with Gasteiger partial charge in [-0.05, 0) is 48.9 Å². The molecule has 1 saturated heterocycles. The summed E-state index contributed by atoms with van der Waals surface area (Å²) in [6.07, 6.45) is 2.05. The van der Waals surface area contributed by atoms with Crippen molar-refractivity contribution in [3.63, 3.8) is 0 Å². The summed E-state index contributed by atoms with van der Waals surface area (Å²) >= 11 is 0. The van der Waals surface area contributed by atoms with Crippen molar-refractivity contribution in [1.29, 1.82) is 0 Å². The third-order valence-electron chi connectivity index (χ3n) is 6.68. The average Bonchev–Trinajstić information content (AvgIpc) is 3.51. The number of amides is 1. The predicted octanol–water partition coefficient (Wildman–Crippen LogP) is 2.58. The van der Waals surface area contributed by atoms with Gasteiger partial charge in [0, 0.05) is 19.2 Å². The highest BCUT2D eigenvalue weighted by Crippen LogP contribution is 2.40. The summed E-state index contributed by atoms with van der Waals surface area (Å²) in [6.45, 7) is 1.53. The lowest BCUT2D eigenvalue weighted by Crippen LogP contribution is -2.42. The molecule has 3 aliphatic rings. The second kappa shape index (κ2) is 7.16. The van der Waals surface area contributed by atoms with Gasteiger partial charge in [-0.3, -0.25) is 4.79 Å². The van der Waals surface area contributed by atoms with Crippen LogP contribution in [0.25, 0.3) is 11.0 Å². The van der Waals surface area contributed by atoms with Crippen molar-refractivity contribution in [2.24, 2.45) is 11.8 Å². The minimum atomic E-state index is -0.573. The molecule has 160 valence electrons. The maximum Gasteiger partial charge on any atom is 0.256 e. The lowest BCUT2D eigenvalue weighted by Gasteiger charge is -2.35. The number of rotatable bonds is 3. The van der Waals surface area contributed by atoms with E-state index < -0.39 is 6.10 Å². The number of carbonyl (C=O) groups is 1. The van der Waals surface area contributed by atoms with Crippen molar-refractivity contribution in [3.8, 4) is 17.2 Å². The number of benzene rings is 2. The van der Waals surface area contributed by atoms with Crippen LogP contribution in [0.2, 0.25) is 0 Å². The number of likely N-dealkylation sites (tertiary alicyclic amines) is 1. The van der Waals surface area contributed by atoms with Gasteiger partial charge in [-0.25, -0.2) is 4.98 Å². The lowest BCUT2D eigenvalue weighted by molar-refractivity contribution is -0.0232. The van der Waals surface area contributed by atoms with E-state index in [0.717, 1.165) is 5.52 Å². The zero-order chi connectivity index (χ0) is 20.9. The van der Waals surface area contributed by atoms with Crippen LogP contribution in [0.5, 0.6) is 17.2 Å². The fraction of sp³-hybridized carbons (Fsp3) is 0.391. The second-order valence-electron chi connectivity index (χ2n) is 8.54. The zero-order valence-corrected chi connectivity index (χ0v) is 16.9. The molecule has 8 heteroatoms. The van der Waals surface area contributed by atoms with Crippen molar-refractivity contribution in [3.05, 3.63) is 48.3 Å². The van der Waals surface area contributed by atoms with E-state index in [2.05, 4.69) is 9.97 Å². The highest BCUT2D eigenvalue weighted by Gasteiger charge is 2.44. The summed E-state index contributed by atoms with van der Waals surface area (Å²) in [7, 11) is 0. The molecule has 0 radical (unpaired) electrons. The normalized spacial score (nSPS) is 26.8. The van der Waals surface area contributed by atoms with Gasteiger partial charge in [0.1, 0.15) is 17.4 Å². The third kappa shape index (κ3) is 3.18. The van der Waals surface area contributed by atoms with Gasteiger partial charge >= 0.3 is 0 Å². The monoisotopic (exact) mass is 421 g/mol. The van der Waals surface area contributed by atoms with Crippen molar-refractivity contribution in [1.82, 2.24) is 14.9 Å². The molecule has 4 atom stereocenters. The van der Waals surface area contributed by atoms with Crippen LogP contribution in [0, 0.1) is 11.8 Å². The van der Waals surface area contributed by atoms with Crippen LogP contribution in [0.1, 0.15) is 23.2 Å². The molecular formula is C23H23N3O5. The molecular weight excluding hydrogens is 398 g/mol. The van der Waals surface area contributed by atoms with Crippen LogP contribution >= 0.6 is 0 Å². The summed E-state index contributed by atoms with van der Waals surface area (Å²) in [5.74, 6) is 2.58. The first-order valence-electron chi connectivity index (χ1n) is 10.6. The Bertz CT molecular complexity index is 1150. The second-order valence-corrected chi connectivity index (χ2v) is 8.54. The molecule has 0 spiro atoms. The first kappa shape index (κ1) is 18.5. The van der Waals surface area contributed by atoms with E-state index in [0.29, 0.717) is 60.2 Å². The highest BCUT2D eigenvalue weighted by molar-refractivity contribution is 6.04. The van der Waals surface area contributed by atoms with Gasteiger partial charge in [0.25, 0.3) is 5.91 Å². The number of nitrogens with zero attached hydrogens (tertiary/aromatic N) is 2. The molecule has 1 aromatic heterocycles. The zero-order valence-electron chi connectivity index (χ0n) is 16.9. The van der Waals surface area contributed by atoms with Crippen molar-refractivity contribution >= 4 is 16.9 Å². The molecule has 1 amide bonds. The van der Waals surface area contributed by atoms with Gasteiger partial charge in [0.2, 0.25) is 6.79 Å². The Morgan fingerprint density at radius 3 is 2.87 bits per heavy atom. The number of ether oxygens (including phenoxy) is 3. The number of aliphatic hydroxyl groups is 1. The molecule has 2 aliphatic heterocycles. The number of hydrogen-bond acceptors (Lipinski definition) is 6. The first-order chi connectivity index (χ1) is 15.2. The van der Waals surface area contributed by atoms with Crippen molar-refractivity contribution < 1.29 is 24.1 Å². The molecule has 1 aliphatic carbocycles. The third-order valence-corrected chi connectivity index (χ3v) is 6.68. The Hall–Kier alpha value is -3.26. The Kier molecular flexibility index (Phi) is 4.27. The minimum absolute atomic E-state index is 0.00479. The Labute approximate surface area is 178 Å².